The van der Waals surface area contributed by atoms with Gasteiger partial charge in [0.1, 0.15) is 6.23 Å². The first-order valence-corrected chi connectivity index (χ1v) is 7.67. The van der Waals surface area contributed by atoms with Crippen LogP contribution in [-0.2, 0) is 9.16 Å². The van der Waals surface area contributed by atoms with Crippen molar-refractivity contribution < 1.29 is 9.16 Å². The molecular weight excluding hydrogens is 188 g/mol. The molecule has 4 heteroatoms. The molecule has 0 amide bonds. The fourth-order valence-electron chi connectivity index (χ4n) is 0.948. The fourth-order valence-corrected chi connectivity index (χ4v) is 3.02. The summed E-state index contributed by atoms with van der Waals surface area (Å²) < 4.78 is 11.0. The van der Waals surface area contributed by atoms with Crippen LogP contribution in [0.3, 0.4) is 0 Å². The van der Waals surface area contributed by atoms with E-state index in [0.29, 0.717) is 11.3 Å². The standard InChI is InChI=1S/C8H18O2SSi/c1-7(2)10-12(4,5)6-9-8(3)11/h7H,6H2,1-5H3. The molecule has 0 radical (unpaired) electrons. The van der Waals surface area contributed by atoms with Gasteiger partial charge in [0.2, 0.25) is 8.32 Å². The van der Waals surface area contributed by atoms with Crippen molar-refractivity contribution >= 4 is 25.6 Å². The second-order valence-corrected chi connectivity index (χ2v) is 8.33. The first kappa shape index (κ1) is 12.1. The molecule has 0 unspecified atom stereocenters. The topological polar surface area (TPSA) is 18.5 Å². The van der Waals surface area contributed by atoms with E-state index in [-0.39, 0.29) is 6.10 Å². The van der Waals surface area contributed by atoms with Crippen LogP contribution in [0.15, 0.2) is 0 Å². The summed E-state index contributed by atoms with van der Waals surface area (Å²) in [5, 5.41) is 0.600. The normalized spacial score (nSPS) is 11.8. The summed E-state index contributed by atoms with van der Waals surface area (Å²) in [7, 11) is -1.64. The molecule has 0 aromatic heterocycles. The minimum Gasteiger partial charge on any atom is -0.488 e. The Kier molecular flexibility index (Phi) is 4.97. The first-order chi connectivity index (χ1) is 5.33. The Hall–Kier alpha value is 0.0669. The van der Waals surface area contributed by atoms with Crippen molar-refractivity contribution in [2.45, 2.75) is 40.0 Å². The second-order valence-electron chi connectivity index (χ2n) is 3.71. The Morgan fingerprint density at radius 1 is 1.42 bits per heavy atom. The first-order valence-electron chi connectivity index (χ1n) is 4.15. The maximum Gasteiger partial charge on any atom is 0.225 e. The van der Waals surface area contributed by atoms with Gasteiger partial charge in [0.05, 0.1) is 0 Å². The number of ether oxygens (including phenoxy) is 1. The van der Waals surface area contributed by atoms with E-state index < -0.39 is 8.32 Å². The van der Waals surface area contributed by atoms with E-state index in [4.69, 9.17) is 21.4 Å². The van der Waals surface area contributed by atoms with Crippen LogP contribution in [0.25, 0.3) is 0 Å². The van der Waals surface area contributed by atoms with Crippen LogP contribution < -0.4 is 0 Å². The minimum atomic E-state index is -1.64. The fraction of sp³-hybridized carbons (Fsp3) is 0.875. The molecule has 0 spiro atoms. The molecular formula is C8H18O2SSi. The van der Waals surface area contributed by atoms with Crippen LogP contribution in [0.1, 0.15) is 20.8 Å². The number of rotatable bonds is 4. The van der Waals surface area contributed by atoms with E-state index in [9.17, 15) is 0 Å². The van der Waals surface area contributed by atoms with Crippen molar-refractivity contribution in [3.05, 3.63) is 0 Å². The van der Waals surface area contributed by atoms with Gasteiger partial charge < -0.3 is 9.16 Å². The van der Waals surface area contributed by atoms with Gasteiger partial charge in [-0.2, -0.15) is 0 Å². The van der Waals surface area contributed by atoms with Crippen molar-refractivity contribution in [2.24, 2.45) is 0 Å². The van der Waals surface area contributed by atoms with Gasteiger partial charge in [0, 0.05) is 13.0 Å². The lowest BCUT2D eigenvalue weighted by Crippen LogP contribution is -2.39. The quantitative estimate of drug-likeness (QED) is 0.520. The lowest BCUT2D eigenvalue weighted by molar-refractivity contribution is 0.211. The zero-order chi connectivity index (χ0) is 9.78. The molecule has 0 N–H and O–H groups in total. The highest BCUT2D eigenvalue weighted by Crippen LogP contribution is 2.08. The smallest absolute Gasteiger partial charge is 0.225 e. The summed E-state index contributed by atoms with van der Waals surface area (Å²) in [6, 6.07) is 0. The van der Waals surface area contributed by atoms with Gasteiger partial charge in [-0.25, -0.2) is 0 Å². The predicted octanol–water partition coefficient (Wildman–Crippen LogP) is 2.52. The van der Waals surface area contributed by atoms with Crippen LogP contribution in [0.2, 0.25) is 13.1 Å². The third-order valence-corrected chi connectivity index (χ3v) is 3.24. The Morgan fingerprint density at radius 2 is 1.92 bits per heavy atom. The van der Waals surface area contributed by atoms with Crippen LogP contribution in [0, 0.1) is 0 Å². The van der Waals surface area contributed by atoms with E-state index in [1.807, 2.05) is 13.8 Å². The number of thiocarbonyl (C=S) groups is 1. The van der Waals surface area contributed by atoms with Gasteiger partial charge in [0.15, 0.2) is 5.05 Å². The van der Waals surface area contributed by atoms with Crippen LogP contribution in [0.5, 0.6) is 0 Å². The lowest BCUT2D eigenvalue weighted by Gasteiger charge is -2.25. The van der Waals surface area contributed by atoms with Gasteiger partial charge >= 0.3 is 0 Å². The summed E-state index contributed by atoms with van der Waals surface area (Å²) in [5.41, 5.74) is 0. The number of hydrogen-bond acceptors (Lipinski definition) is 3. The van der Waals surface area contributed by atoms with Crippen LogP contribution >= 0.6 is 12.2 Å². The van der Waals surface area contributed by atoms with Crippen molar-refractivity contribution in [3.63, 3.8) is 0 Å². The van der Waals surface area contributed by atoms with E-state index in [1.54, 1.807) is 6.92 Å². The summed E-state index contributed by atoms with van der Waals surface area (Å²) in [6.45, 7) is 10.1. The Bertz CT molecular complexity index is 157. The molecule has 0 atom stereocenters. The molecule has 2 nitrogen and oxygen atoms in total. The van der Waals surface area contributed by atoms with Crippen molar-refractivity contribution in [3.8, 4) is 0 Å². The molecule has 0 aromatic carbocycles. The molecule has 0 aliphatic carbocycles. The van der Waals surface area contributed by atoms with E-state index >= 15 is 0 Å². The summed E-state index contributed by atoms with van der Waals surface area (Å²) >= 11 is 4.82. The average molecular weight is 206 g/mol. The third kappa shape index (κ3) is 6.76. The van der Waals surface area contributed by atoms with Gasteiger partial charge in [-0.3, -0.25) is 0 Å². The molecule has 0 aliphatic heterocycles. The highest BCUT2D eigenvalue weighted by Gasteiger charge is 2.24. The van der Waals surface area contributed by atoms with E-state index in [0.717, 1.165) is 0 Å². The summed E-state index contributed by atoms with van der Waals surface area (Å²) in [4.78, 5) is 0. The van der Waals surface area contributed by atoms with Gasteiger partial charge in [-0.1, -0.05) is 0 Å². The molecule has 72 valence electrons. The van der Waals surface area contributed by atoms with Gasteiger partial charge in [0.25, 0.3) is 0 Å². The highest BCUT2D eigenvalue weighted by molar-refractivity contribution is 7.80. The largest absolute Gasteiger partial charge is 0.488 e. The SMILES string of the molecule is CC(=S)OC[Si](C)(C)OC(C)C. The van der Waals surface area contributed by atoms with Crippen LogP contribution in [0.4, 0.5) is 0 Å². The average Bonchev–Trinajstić information content (AvgIpc) is 1.81. The Morgan fingerprint density at radius 3 is 2.25 bits per heavy atom. The Labute approximate surface area is 81.4 Å². The number of hydrogen-bond donors (Lipinski definition) is 0. The van der Waals surface area contributed by atoms with Gasteiger partial charge in [-0.05, 0) is 39.2 Å². The minimum absolute atomic E-state index is 0.278. The molecule has 0 aromatic rings. The predicted molar refractivity (Wildman–Crippen MR) is 57.9 cm³/mol. The summed E-state index contributed by atoms with van der Waals surface area (Å²) in [5.74, 6) is 0. The monoisotopic (exact) mass is 206 g/mol. The third-order valence-electron chi connectivity index (χ3n) is 1.18. The maximum atomic E-state index is 5.74. The molecule has 0 heterocycles. The lowest BCUT2D eigenvalue weighted by atomic mass is 10.5. The molecule has 0 saturated heterocycles. The van der Waals surface area contributed by atoms with Gasteiger partial charge in [-0.15, -0.1) is 0 Å². The van der Waals surface area contributed by atoms with E-state index in [2.05, 4.69) is 13.1 Å². The molecule has 0 aliphatic rings. The molecule has 0 rings (SSSR count). The van der Waals surface area contributed by atoms with E-state index in [1.165, 1.54) is 0 Å². The molecule has 0 saturated carbocycles. The Balaban J connectivity index is 3.78. The zero-order valence-electron chi connectivity index (χ0n) is 8.51. The van der Waals surface area contributed by atoms with Crippen molar-refractivity contribution in [1.29, 1.82) is 0 Å². The summed E-state index contributed by atoms with van der Waals surface area (Å²) in [6.07, 6.45) is 0.932. The molecule has 12 heavy (non-hydrogen) atoms. The van der Waals surface area contributed by atoms with Crippen LogP contribution in [-0.4, -0.2) is 25.7 Å². The van der Waals surface area contributed by atoms with Crippen molar-refractivity contribution in [2.75, 3.05) is 6.23 Å². The molecule has 0 bridgehead atoms. The highest BCUT2D eigenvalue weighted by atomic mass is 32.1. The maximum absolute atomic E-state index is 5.74. The second kappa shape index (κ2) is 4.94. The zero-order valence-corrected chi connectivity index (χ0v) is 10.3. The van der Waals surface area contributed by atoms with Crippen molar-refractivity contribution in [1.82, 2.24) is 0 Å². The molecule has 0 fully saturated rings.